The summed E-state index contributed by atoms with van der Waals surface area (Å²) in [5.74, 6) is -0.268. The van der Waals surface area contributed by atoms with Crippen LogP contribution >= 0.6 is 0 Å². The van der Waals surface area contributed by atoms with E-state index in [-0.39, 0.29) is 11.8 Å². The van der Waals surface area contributed by atoms with E-state index in [9.17, 15) is 8.78 Å². The summed E-state index contributed by atoms with van der Waals surface area (Å²) in [5.41, 5.74) is 5.53. The van der Waals surface area contributed by atoms with Gasteiger partial charge in [-0.25, -0.2) is 14.1 Å². The van der Waals surface area contributed by atoms with E-state index in [0.717, 1.165) is 6.42 Å². The molecule has 4 heteroatoms. The number of nitrogens with one attached hydrogen (secondary N) is 1. The maximum Gasteiger partial charge on any atom is 0.204 e. The maximum atomic E-state index is 13.5. The van der Waals surface area contributed by atoms with Gasteiger partial charge in [0.15, 0.2) is 6.30 Å². The van der Waals surface area contributed by atoms with Crippen LogP contribution in [0.5, 0.6) is 0 Å². The summed E-state index contributed by atoms with van der Waals surface area (Å²) in [4.78, 5) is 0. The molecule has 0 saturated heterocycles. The van der Waals surface area contributed by atoms with Crippen LogP contribution in [0.4, 0.5) is 8.78 Å². The van der Waals surface area contributed by atoms with E-state index in [2.05, 4.69) is 6.58 Å². The molecule has 0 aromatic rings. The predicted molar refractivity (Wildman–Crippen MR) is 54.9 cm³/mol. The molecule has 84 valence electrons. The van der Waals surface area contributed by atoms with Crippen molar-refractivity contribution in [3.63, 3.8) is 0 Å². The predicted octanol–water partition coefficient (Wildman–Crippen LogP) is 2.32. The Bertz CT molecular complexity index is 183. The molecule has 4 unspecified atom stereocenters. The Labute approximate surface area is 84.6 Å². The van der Waals surface area contributed by atoms with Crippen LogP contribution in [0.3, 0.4) is 0 Å². The molecule has 0 aliphatic rings. The lowest BCUT2D eigenvalue weighted by Gasteiger charge is -2.27. The van der Waals surface area contributed by atoms with Gasteiger partial charge in [0.2, 0.25) is 6.42 Å². The Morgan fingerprint density at radius 3 is 2.29 bits per heavy atom. The molecule has 2 nitrogen and oxygen atoms in total. The smallest absolute Gasteiger partial charge is 0.204 e. The molecule has 0 fully saturated rings. The molecular weight excluding hydrogens is 186 g/mol. The minimum atomic E-state index is -1.82. The van der Waals surface area contributed by atoms with Gasteiger partial charge >= 0.3 is 0 Å². The van der Waals surface area contributed by atoms with Crippen molar-refractivity contribution in [1.29, 1.82) is 0 Å². The summed E-state index contributed by atoms with van der Waals surface area (Å²) in [7, 11) is 0. The second-order valence-corrected chi connectivity index (χ2v) is 3.73. The molecule has 3 N–H and O–H groups in total. The topological polar surface area (TPSA) is 38.0 Å². The Morgan fingerprint density at radius 2 is 2.00 bits per heavy atom. The van der Waals surface area contributed by atoms with Crippen LogP contribution in [0.25, 0.3) is 0 Å². The first-order valence-electron chi connectivity index (χ1n) is 4.85. The fraction of sp³-hybridized carbons (Fsp3) is 0.800. The van der Waals surface area contributed by atoms with E-state index in [1.54, 1.807) is 6.92 Å². The van der Waals surface area contributed by atoms with Gasteiger partial charge in [0.25, 0.3) is 0 Å². The maximum absolute atomic E-state index is 13.5. The van der Waals surface area contributed by atoms with Crippen molar-refractivity contribution in [3.8, 4) is 0 Å². The molecule has 0 aromatic heterocycles. The van der Waals surface area contributed by atoms with Crippen molar-refractivity contribution in [2.24, 2.45) is 17.6 Å². The summed E-state index contributed by atoms with van der Waals surface area (Å²) in [6.07, 6.45) is -2.47. The van der Waals surface area contributed by atoms with Gasteiger partial charge in [-0.1, -0.05) is 32.4 Å². The molecule has 4 atom stereocenters. The van der Waals surface area contributed by atoms with Crippen molar-refractivity contribution in [2.75, 3.05) is 0 Å². The van der Waals surface area contributed by atoms with E-state index >= 15 is 0 Å². The van der Waals surface area contributed by atoms with E-state index in [0.29, 0.717) is 5.57 Å². The molecule has 14 heavy (non-hydrogen) atoms. The highest BCUT2D eigenvalue weighted by Gasteiger charge is 2.27. The number of halogens is 2. The molecule has 0 rings (SSSR count). The van der Waals surface area contributed by atoms with Crippen molar-refractivity contribution < 1.29 is 8.78 Å². The number of alkyl halides is 2. The van der Waals surface area contributed by atoms with Crippen LogP contribution in [-0.2, 0) is 0 Å². The highest BCUT2D eigenvalue weighted by atomic mass is 19.2. The molecule has 0 saturated carbocycles. The normalized spacial score (nSPS) is 19.9. The average Bonchev–Trinajstić information content (AvgIpc) is 2.01. The summed E-state index contributed by atoms with van der Waals surface area (Å²) < 4.78 is 25.9. The molecule has 0 bridgehead atoms. The second-order valence-electron chi connectivity index (χ2n) is 3.73. The third-order valence-electron chi connectivity index (χ3n) is 2.46. The van der Waals surface area contributed by atoms with Crippen molar-refractivity contribution in [3.05, 3.63) is 12.2 Å². The largest absolute Gasteiger partial charge is 0.289 e. The molecule has 0 aliphatic carbocycles. The lowest BCUT2D eigenvalue weighted by molar-refractivity contribution is 0.109. The summed E-state index contributed by atoms with van der Waals surface area (Å²) in [6, 6.07) is 0. The first kappa shape index (κ1) is 13.5. The van der Waals surface area contributed by atoms with Crippen LogP contribution in [0.1, 0.15) is 27.2 Å². The van der Waals surface area contributed by atoms with Crippen molar-refractivity contribution >= 4 is 0 Å². The van der Waals surface area contributed by atoms with Gasteiger partial charge in [-0.2, -0.15) is 0 Å². The van der Waals surface area contributed by atoms with Gasteiger partial charge in [0, 0.05) is 5.92 Å². The zero-order valence-electron chi connectivity index (χ0n) is 9.06. The standard InChI is InChI=1S/C10H20F2N2/c1-5-7(4)8(6(2)3)9(11)14-10(12)13/h7-10,14H,2,5,13H2,1,3-4H3. The minimum absolute atomic E-state index is 0.119. The zero-order chi connectivity index (χ0) is 11.3. The van der Waals surface area contributed by atoms with Gasteiger partial charge < -0.3 is 0 Å². The summed E-state index contributed by atoms with van der Waals surface area (Å²) >= 11 is 0. The Morgan fingerprint density at radius 1 is 1.50 bits per heavy atom. The first-order chi connectivity index (χ1) is 6.40. The lowest BCUT2D eigenvalue weighted by atomic mass is 9.86. The SMILES string of the molecule is C=C(C)C(C(C)CC)C(F)NC(N)F. The molecular formula is C10H20F2N2. The van der Waals surface area contributed by atoms with Crippen LogP contribution in [0.2, 0.25) is 0 Å². The summed E-state index contributed by atoms with van der Waals surface area (Å²) in [6.45, 7) is 9.33. The van der Waals surface area contributed by atoms with E-state index < -0.39 is 12.7 Å². The molecule has 0 aromatic carbocycles. The van der Waals surface area contributed by atoms with E-state index in [4.69, 9.17) is 5.73 Å². The monoisotopic (exact) mass is 206 g/mol. The third kappa shape index (κ3) is 4.15. The lowest BCUT2D eigenvalue weighted by Crippen LogP contribution is -2.44. The number of hydrogen-bond donors (Lipinski definition) is 2. The van der Waals surface area contributed by atoms with Gasteiger partial charge in [-0.3, -0.25) is 5.73 Å². The van der Waals surface area contributed by atoms with Crippen molar-refractivity contribution in [2.45, 2.75) is 39.9 Å². The first-order valence-corrected chi connectivity index (χ1v) is 4.85. The highest BCUT2D eigenvalue weighted by molar-refractivity contribution is 5.00. The fourth-order valence-electron chi connectivity index (χ4n) is 1.53. The van der Waals surface area contributed by atoms with Crippen molar-refractivity contribution in [1.82, 2.24) is 5.32 Å². The van der Waals surface area contributed by atoms with Crippen LogP contribution in [0, 0.1) is 11.8 Å². The third-order valence-corrected chi connectivity index (χ3v) is 2.46. The molecule has 0 aliphatic heterocycles. The Balaban J connectivity index is 4.41. The van der Waals surface area contributed by atoms with E-state index in [1.807, 2.05) is 19.2 Å². The fourth-order valence-corrected chi connectivity index (χ4v) is 1.53. The quantitative estimate of drug-likeness (QED) is 0.397. The number of rotatable bonds is 6. The van der Waals surface area contributed by atoms with Gasteiger partial charge in [-0.05, 0) is 12.8 Å². The second kappa shape index (κ2) is 6.09. The number of nitrogens with two attached hydrogens (primary N) is 1. The highest BCUT2D eigenvalue weighted by Crippen LogP contribution is 2.26. The molecule has 0 radical (unpaired) electrons. The van der Waals surface area contributed by atoms with Crippen LogP contribution in [-0.4, -0.2) is 12.7 Å². The zero-order valence-corrected chi connectivity index (χ0v) is 9.06. The Hall–Kier alpha value is -0.480. The van der Waals surface area contributed by atoms with Crippen LogP contribution < -0.4 is 11.1 Å². The molecule has 0 spiro atoms. The average molecular weight is 206 g/mol. The molecule has 0 amide bonds. The van der Waals surface area contributed by atoms with Gasteiger partial charge in [0.05, 0.1) is 0 Å². The van der Waals surface area contributed by atoms with Gasteiger partial charge in [0.1, 0.15) is 0 Å². The number of hydrogen-bond acceptors (Lipinski definition) is 2. The van der Waals surface area contributed by atoms with Gasteiger partial charge in [-0.15, -0.1) is 0 Å². The Kier molecular flexibility index (Phi) is 5.88. The van der Waals surface area contributed by atoms with E-state index in [1.165, 1.54) is 0 Å². The summed E-state index contributed by atoms with van der Waals surface area (Å²) in [5, 5.41) is 2.02. The minimum Gasteiger partial charge on any atom is -0.289 e. The molecule has 0 heterocycles. The van der Waals surface area contributed by atoms with Crippen LogP contribution in [0.15, 0.2) is 12.2 Å².